The summed E-state index contributed by atoms with van der Waals surface area (Å²) in [5.41, 5.74) is -0.120. The molecule has 1 amide bonds. The van der Waals surface area contributed by atoms with Gasteiger partial charge in [-0.2, -0.15) is 9.97 Å². The predicted molar refractivity (Wildman–Crippen MR) is 211 cm³/mol. The van der Waals surface area contributed by atoms with Gasteiger partial charge in [-0.25, -0.2) is 8.78 Å². The number of piperidine rings is 1. The van der Waals surface area contributed by atoms with E-state index in [1.54, 1.807) is 6.07 Å². The number of fused-ring (bicyclic) bond motifs is 2. The zero-order chi connectivity index (χ0) is 39.8. The van der Waals surface area contributed by atoms with Crippen LogP contribution in [-0.4, -0.2) is 132 Å². The summed E-state index contributed by atoms with van der Waals surface area (Å²) < 4.78 is 55.3. The first-order valence-electron chi connectivity index (χ1n) is 20.2. The van der Waals surface area contributed by atoms with Gasteiger partial charge in [0, 0.05) is 75.4 Å². The molecule has 1 aromatic heterocycles. The lowest BCUT2D eigenvalue weighted by atomic mass is 9.93. The number of carbonyl (C=O) groups excluding carboxylic acids is 1. The number of hydrogen-bond donors (Lipinski definition) is 1. The molecular weight excluding hydrogens is 735 g/mol. The summed E-state index contributed by atoms with van der Waals surface area (Å²) in [5.74, 6) is 2.49. The van der Waals surface area contributed by atoms with Crippen molar-refractivity contribution in [1.29, 1.82) is 0 Å². The largest absolute Gasteiger partial charge is 0.508 e. The van der Waals surface area contributed by atoms with E-state index in [-0.39, 0.29) is 60.2 Å². The van der Waals surface area contributed by atoms with E-state index in [4.69, 9.17) is 35.3 Å². The van der Waals surface area contributed by atoms with E-state index in [2.05, 4.69) is 29.2 Å². The quantitative estimate of drug-likeness (QED) is 0.211. The van der Waals surface area contributed by atoms with Crippen molar-refractivity contribution < 1.29 is 37.6 Å². The van der Waals surface area contributed by atoms with Gasteiger partial charge in [0.05, 0.1) is 11.1 Å². The number of terminal acetylenes is 1. The Morgan fingerprint density at radius 3 is 2.70 bits per heavy atom. The molecule has 8 rings (SSSR count). The first-order valence-corrected chi connectivity index (χ1v) is 20.2. The Bertz CT molecular complexity index is 2030. The number of phenolic OH excluding ortho intramolecular Hbond substituents is 1. The number of ether oxygens (including phenoxy) is 4. The molecule has 0 aliphatic carbocycles. The number of nitrogens with zero attached hydrogens (tertiary/aromatic N) is 6. The molecule has 1 unspecified atom stereocenters. The number of aromatic nitrogens is 2. The van der Waals surface area contributed by atoms with Gasteiger partial charge in [0.25, 0.3) is 5.88 Å². The average molecular weight is 787 g/mol. The molecule has 4 fully saturated rings. The van der Waals surface area contributed by atoms with Crippen LogP contribution in [0.25, 0.3) is 10.8 Å². The molecule has 57 heavy (non-hydrogen) atoms. The second-order valence-corrected chi connectivity index (χ2v) is 16.3. The summed E-state index contributed by atoms with van der Waals surface area (Å²) in [4.78, 5) is 30.8. The zero-order valence-electron chi connectivity index (χ0n) is 32.8. The van der Waals surface area contributed by atoms with Crippen LogP contribution < -0.4 is 19.1 Å². The minimum absolute atomic E-state index is 0.0146. The van der Waals surface area contributed by atoms with E-state index in [0.717, 1.165) is 64.8 Å². The van der Waals surface area contributed by atoms with Crippen LogP contribution in [-0.2, 0) is 9.53 Å². The Morgan fingerprint density at radius 1 is 1.16 bits per heavy atom. The minimum atomic E-state index is -0.988. The molecule has 304 valence electrons. The van der Waals surface area contributed by atoms with E-state index in [9.17, 15) is 14.3 Å². The number of hydrogen-bond acceptors (Lipinski definition) is 11. The Hall–Kier alpha value is -4.71. The fraction of sp³-hybridized carbons (Fsp3) is 0.558. The van der Waals surface area contributed by atoms with Crippen molar-refractivity contribution in [3.8, 4) is 35.7 Å². The molecule has 4 atom stereocenters. The number of anilines is 1. The first-order chi connectivity index (χ1) is 27.5. The van der Waals surface area contributed by atoms with Crippen LogP contribution in [0.3, 0.4) is 0 Å². The summed E-state index contributed by atoms with van der Waals surface area (Å²) in [7, 11) is 1.86. The summed E-state index contributed by atoms with van der Waals surface area (Å²) >= 11 is 0. The van der Waals surface area contributed by atoms with Crippen molar-refractivity contribution in [3.05, 3.63) is 53.9 Å². The highest BCUT2D eigenvalue weighted by Crippen LogP contribution is 2.45. The normalized spacial score (nSPS) is 26.1. The topological polar surface area (TPSA) is 113 Å². The summed E-state index contributed by atoms with van der Waals surface area (Å²) in [5, 5.41) is 11.7. The first kappa shape index (κ1) is 39.1. The van der Waals surface area contributed by atoms with Crippen LogP contribution in [0.5, 0.6) is 23.4 Å². The van der Waals surface area contributed by atoms with Crippen LogP contribution in [0.1, 0.15) is 69.1 Å². The lowest BCUT2D eigenvalue weighted by Gasteiger charge is -2.45. The third-order valence-electron chi connectivity index (χ3n) is 12.6. The van der Waals surface area contributed by atoms with Crippen LogP contribution >= 0.6 is 0 Å². The highest BCUT2D eigenvalue weighted by molar-refractivity contribution is 5.93. The molecule has 3 aromatic rings. The molecular formula is C43H52F2N6O6. The molecule has 0 saturated carbocycles. The van der Waals surface area contributed by atoms with Gasteiger partial charge < -0.3 is 38.8 Å². The Morgan fingerprint density at radius 2 is 1.95 bits per heavy atom. The number of likely N-dealkylation sites (N-methyl/N-ethyl adjacent to an activating group) is 1. The number of amides is 1. The second kappa shape index (κ2) is 16.3. The lowest BCUT2D eigenvalue weighted by molar-refractivity contribution is -0.126. The van der Waals surface area contributed by atoms with Gasteiger partial charge in [0.15, 0.2) is 11.9 Å². The number of likely N-dealkylation sites (tertiary alicyclic amines) is 3. The van der Waals surface area contributed by atoms with E-state index < -0.39 is 23.6 Å². The number of carbonyl (C=O) groups is 1. The van der Waals surface area contributed by atoms with Crippen molar-refractivity contribution in [2.45, 2.75) is 87.8 Å². The van der Waals surface area contributed by atoms with E-state index >= 15 is 4.39 Å². The van der Waals surface area contributed by atoms with Crippen LogP contribution in [0.2, 0.25) is 0 Å². The smallest absolute Gasteiger partial charge is 0.322 e. The number of alkyl halides is 1. The Balaban J connectivity index is 1.07. The third-order valence-corrected chi connectivity index (χ3v) is 12.6. The van der Waals surface area contributed by atoms with Gasteiger partial charge >= 0.3 is 6.01 Å². The second-order valence-electron chi connectivity index (χ2n) is 16.3. The van der Waals surface area contributed by atoms with Gasteiger partial charge in [-0.05, 0) is 88.2 Å². The Kier molecular flexibility index (Phi) is 11.2. The maximum Gasteiger partial charge on any atom is 0.322 e. The van der Waals surface area contributed by atoms with Crippen LogP contribution in [0.4, 0.5) is 14.6 Å². The maximum absolute atomic E-state index is 15.4. The van der Waals surface area contributed by atoms with E-state index in [1.807, 2.05) is 16.8 Å². The number of halogens is 2. The van der Waals surface area contributed by atoms with E-state index in [0.29, 0.717) is 54.3 Å². The fourth-order valence-electron chi connectivity index (χ4n) is 9.76. The van der Waals surface area contributed by atoms with Crippen LogP contribution in [0.15, 0.2) is 36.9 Å². The molecule has 1 N–H and O–H groups in total. The summed E-state index contributed by atoms with van der Waals surface area (Å²) in [6.45, 7) is 10.9. The number of phenols is 1. The van der Waals surface area contributed by atoms with Gasteiger partial charge in [-0.3, -0.25) is 9.69 Å². The molecule has 5 aliphatic rings. The monoisotopic (exact) mass is 786 g/mol. The van der Waals surface area contributed by atoms with Gasteiger partial charge in [0.2, 0.25) is 11.7 Å². The van der Waals surface area contributed by atoms with Gasteiger partial charge in [-0.1, -0.05) is 18.6 Å². The van der Waals surface area contributed by atoms with Crippen LogP contribution in [0, 0.1) is 18.2 Å². The molecule has 5 aliphatic heterocycles. The van der Waals surface area contributed by atoms with Gasteiger partial charge in [-0.15, -0.1) is 6.42 Å². The standard InChI is InChI=1S/C43H52F2N6O6/c1-5-33-35(45)10-9-27-20-32(52)21-34(38(27)33)36-25-55-39-40(48(4)24-31-8-7-15-50(31)37(53)6-2)46-42(47-41(39)57-36)56-26-43(3)22-28(44)23-51(43)30-11-16-49(17-12-30)29-13-18-54-19-14-29/h1,6,9-10,20-21,28-31,36,52H,2,7-8,11-19,22-26H2,3-4H3/t28-,31+,36?,43+/m1/s1. The number of aromatic hydroxyl groups is 1. The third kappa shape index (κ3) is 7.81. The highest BCUT2D eigenvalue weighted by Gasteiger charge is 2.47. The maximum atomic E-state index is 15.4. The molecule has 2 aromatic carbocycles. The minimum Gasteiger partial charge on any atom is -0.508 e. The predicted octanol–water partition coefficient (Wildman–Crippen LogP) is 5.41. The fourth-order valence-corrected chi connectivity index (χ4v) is 9.76. The number of benzene rings is 2. The van der Waals surface area contributed by atoms with E-state index in [1.165, 1.54) is 24.3 Å². The van der Waals surface area contributed by atoms with Crippen molar-refractivity contribution in [3.63, 3.8) is 0 Å². The Labute approximate surface area is 332 Å². The zero-order valence-corrected chi connectivity index (χ0v) is 32.8. The SMILES string of the molecule is C#Cc1c(F)ccc2cc(O)cc(C3COc4c(nc(OC[C@]5(C)C[C@@H](F)CN5C5CCN(C6CCOCC6)CC5)nc4N(C)C[C@@H]4CCCN4C(=O)C=C)O3)c12. The van der Waals surface area contributed by atoms with Crippen molar-refractivity contribution in [2.75, 3.05) is 71.1 Å². The van der Waals surface area contributed by atoms with Gasteiger partial charge in [0.1, 0.15) is 31.0 Å². The van der Waals surface area contributed by atoms with Crippen molar-refractivity contribution in [2.24, 2.45) is 0 Å². The molecule has 12 nitrogen and oxygen atoms in total. The summed E-state index contributed by atoms with van der Waals surface area (Å²) in [6, 6.07) is 6.55. The molecule has 14 heteroatoms. The molecule has 0 bridgehead atoms. The number of rotatable bonds is 10. The lowest BCUT2D eigenvalue weighted by Crippen LogP contribution is -2.55. The highest BCUT2D eigenvalue weighted by atomic mass is 19.1. The van der Waals surface area contributed by atoms with Crippen molar-refractivity contribution in [1.82, 2.24) is 24.7 Å². The van der Waals surface area contributed by atoms with Crippen molar-refractivity contribution >= 4 is 22.5 Å². The molecule has 4 saturated heterocycles. The molecule has 0 spiro atoms. The molecule has 0 radical (unpaired) electrons. The average Bonchev–Trinajstić information content (AvgIpc) is 3.82. The summed E-state index contributed by atoms with van der Waals surface area (Å²) in [6.07, 6.45) is 11.3. The molecule has 6 heterocycles.